The summed E-state index contributed by atoms with van der Waals surface area (Å²) in [4.78, 5) is 10.6. The average molecular weight is 376 g/mol. The zero-order chi connectivity index (χ0) is 20.0. The Hall–Kier alpha value is -1.31. The lowest BCUT2D eigenvalue weighted by molar-refractivity contribution is -0.118. The second kappa shape index (κ2) is 21.0. The summed E-state index contributed by atoms with van der Waals surface area (Å²) in [5, 5.41) is 0. The van der Waals surface area contributed by atoms with Crippen molar-refractivity contribution in [2.24, 2.45) is 5.73 Å². The average Bonchev–Trinajstić information content (AvgIpc) is 2.66. The fraction of sp³-hybridized carbons (Fsp3) is 0.720. The lowest BCUT2D eigenvalue weighted by Gasteiger charge is -2.03. The van der Waals surface area contributed by atoms with E-state index in [2.05, 4.69) is 26.0 Å². The number of hydrogen-bond donors (Lipinski definition) is 1. The first-order valence-corrected chi connectivity index (χ1v) is 11.5. The van der Waals surface area contributed by atoms with Crippen LogP contribution in [0.25, 0.3) is 0 Å². The molecular weight excluding hydrogens is 330 g/mol. The summed E-state index contributed by atoms with van der Waals surface area (Å²) in [6.45, 7) is 4.36. The third kappa shape index (κ3) is 22.6. The predicted octanol–water partition coefficient (Wildman–Crippen LogP) is 7.73. The highest BCUT2D eigenvalue weighted by molar-refractivity contribution is 5.73. The summed E-state index contributed by atoms with van der Waals surface area (Å²) in [5.41, 5.74) is 6.43. The molecule has 1 aromatic carbocycles. The van der Waals surface area contributed by atoms with E-state index < -0.39 is 0 Å². The van der Waals surface area contributed by atoms with Crippen LogP contribution >= 0.6 is 0 Å². The molecule has 1 rings (SSSR count). The van der Waals surface area contributed by atoms with Crippen LogP contribution in [0.1, 0.15) is 115 Å². The van der Waals surface area contributed by atoms with Crippen molar-refractivity contribution in [3.05, 3.63) is 35.9 Å². The van der Waals surface area contributed by atoms with Crippen LogP contribution < -0.4 is 5.73 Å². The zero-order valence-electron chi connectivity index (χ0n) is 18.2. The van der Waals surface area contributed by atoms with Gasteiger partial charge in [0.1, 0.15) is 0 Å². The molecule has 0 aliphatic carbocycles. The van der Waals surface area contributed by atoms with E-state index in [-0.39, 0.29) is 5.91 Å². The fourth-order valence-electron chi connectivity index (χ4n) is 3.20. The number of unbranched alkanes of at least 4 members (excludes halogenated alkanes) is 14. The molecule has 2 nitrogen and oxygen atoms in total. The molecule has 156 valence electrons. The van der Waals surface area contributed by atoms with Gasteiger partial charge in [0, 0.05) is 6.42 Å². The molecule has 0 aliphatic rings. The van der Waals surface area contributed by atoms with Crippen molar-refractivity contribution in [2.75, 3.05) is 0 Å². The normalized spacial score (nSPS) is 10.3. The zero-order valence-corrected chi connectivity index (χ0v) is 18.2. The number of nitrogens with two attached hydrogens (primary N) is 1. The topological polar surface area (TPSA) is 43.1 Å². The standard InChI is InChI=1S/C18H37NO.C7H8/c1-2-3-4-5-6-7-8-9-10-11-12-13-14-15-16-17-18(19)20;1-7-5-3-2-4-6-7/h2-17H2,1H3,(H2,19,20);2-6H,1H3. The van der Waals surface area contributed by atoms with Crippen LogP contribution in [-0.2, 0) is 4.79 Å². The molecule has 0 radical (unpaired) electrons. The smallest absolute Gasteiger partial charge is 0.217 e. The van der Waals surface area contributed by atoms with Crippen LogP contribution in [0.15, 0.2) is 30.3 Å². The summed E-state index contributed by atoms with van der Waals surface area (Å²) in [6, 6.07) is 10.3. The van der Waals surface area contributed by atoms with E-state index in [1.807, 2.05) is 18.2 Å². The van der Waals surface area contributed by atoms with Crippen LogP contribution in [0.4, 0.5) is 0 Å². The Kier molecular flexibility index (Phi) is 20.0. The maximum absolute atomic E-state index is 10.6. The van der Waals surface area contributed by atoms with E-state index in [4.69, 9.17) is 5.73 Å². The van der Waals surface area contributed by atoms with Gasteiger partial charge in [0.2, 0.25) is 5.91 Å². The number of hydrogen-bond acceptors (Lipinski definition) is 1. The summed E-state index contributed by atoms with van der Waals surface area (Å²) in [7, 11) is 0. The molecule has 0 heterocycles. The number of primary amides is 1. The molecule has 1 aromatic rings. The van der Waals surface area contributed by atoms with Gasteiger partial charge in [0.15, 0.2) is 0 Å². The van der Waals surface area contributed by atoms with E-state index in [0.717, 1.165) is 6.42 Å². The van der Waals surface area contributed by atoms with Gasteiger partial charge in [0.25, 0.3) is 0 Å². The van der Waals surface area contributed by atoms with Crippen molar-refractivity contribution < 1.29 is 4.79 Å². The van der Waals surface area contributed by atoms with Crippen molar-refractivity contribution in [3.8, 4) is 0 Å². The Labute approximate surface area is 169 Å². The van der Waals surface area contributed by atoms with Gasteiger partial charge < -0.3 is 5.73 Å². The molecule has 0 fully saturated rings. The highest BCUT2D eigenvalue weighted by Crippen LogP contribution is 2.13. The molecule has 2 heteroatoms. The van der Waals surface area contributed by atoms with E-state index in [1.165, 1.54) is 95.5 Å². The Bertz CT molecular complexity index is 416. The predicted molar refractivity (Wildman–Crippen MR) is 120 cm³/mol. The van der Waals surface area contributed by atoms with Crippen LogP contribution in [-0.4, -0.2) is 5.91 Å². The second-order valence-electron chi connectivity index (χ2n) is 7.82. The molecule has 0 unspecified atom stereocenters. The lowest BCUT2D eigenvalue weighted by Crippen LogP contribution is -2.09. The minimum Gasteiger partial charge on any atom is -0.370 e. The van der Waals surface area contributed by atoms with E-state index in [0.29, 0.717) is 6.42 Å². The molecule has 2 N–H and O–H groups in total. The highest BCUT2D eigenvalue weighted by Gasteiger charge is 1.96. The molecule has 0 saturated heterocycles. The molecule has 0 aromatic heterocycles. The van der Waals surface area contributed by atoms with Crippen molar-refractivity contribution in [3.63, 3.8) is 0 Å². The molecule has 1 amide bonds. The first-order chi connectivity index (χ1) is 13.2. The SMILES string of the molecule is CCCCCCCCCCCCCCCCCC(N)=O.Cc1ccccc1. The minimum absolute atomic E-state index is 0.153. The van der Waals surface area contributed by atoms with Crippen molar-refractivity contribution >= 4 is 5.91 Å². The minimum atomic E-state index is -0.153. The van der Waals surface area contributed by atoms with Crippen molar-refractivity contribution in [1.82, 2.24) is 0 Å². The quantitative estimate of drug-likeness (QED) is 0.295. The fourth-order valence-corrected chi connectivity index (χ4v) is 3.20. The summed E-state index contributed by atoms with van der Waals surface area (Å²) < 4.78 is 0. The molecule has 0 atom stereocenters. The van der Waals surface area contributed by atoms with Gasteiger partial charge in [-0.05, 0) is 13.3 Å². The van der Waals surface area contributed by atoms with E-state index in [9.17, 15) is 4.79 Å². The number of rotatable bonds is 16. The number of amides is 1. The molecule has 0 bridgehead atoms. The first kappa shape index (κ1) is 25.7. The lowest BCUT2D eigenvalue weighted by atomic mass is 10.0. The van der Waals surface area contributed by atoms with Crippen LogP contribution in [0.2, 0.25) is 0 Å². The number of carbonyl (C=O) groups is 1. The maximum Gasteiger partial charge on any atom is 0.217 e. The van der Waals surface area contributed by atoms with Crippen LogP contribution in [0.3, 0.4) is 0 Å². The Morgan fingerprint density at radius 3 is 1.33 bits per heavy atom. The van der Waals surface area contributed by atoms with Gasteiger partial charge in [-0.1, -0.05) is 133 Å². The summed E-state index contributed by atoms with van der Waals surface area (Å²) in [6.07, 6.45) is 20.9. The third-order valence-electron chi connectivity index (χ3n) is 4.97. The highest BCUT2D eigenvalue weighted by atomic mass is 16.1. The number of aryl methyl sites for hydroxylation is 1. The summed E-state index contributed by atoms with van der Waals surface area (Å²) in [5.74, 6) is -0.153. The monoisotopic (exact) mass is 375 g/mol. The molecule has 0 saturated carbocycles. The Balaban J connectivity index is 0.000000797. The summed E-state index contributed by atoms with van der Waals surface area (Å²) >= 11 is 0. The molecule has 0 aliphatic heterocycles. The van der Waals surface area contributed by atoms with Gasteiger partial charge >= 0.3 is 0 Å². The van der Waals surface area contributed by atoms with Gasteiger partial charge in [-0.25, -0.2) is 0 Å². The van der Waals surface area contributed by atoms with Gasteiger partial charge in [-0.3, -0.25) is 4.79 Å². The van der Waals surface area contributed by atoms with Gasteiger partial charge in [-0.2, -0.15) is 0 Å². The van der Waals surface area contributed by atoms with Gasteiger partial charge in [0.05, 0.1) is 0 Å². The van der Waals surface area contributed by atoms with Crippen LogP contribution in [0.5, 0.6) is 0 Å². The van der Waals surface area contributed by atoms with E-state index in [1.54, 1.807) is 0 Å². The molecular formula is C25H45NO. The number of carbonyl (C=O) groups excluding carboxylic acids is 1. The van der Waals surface area contributed by atoms with E-state index >= 15 is 0 Å². The van der Waals surface area contributed by atoms with Gasteiger partial charge in [-0.15, -0.1) is 0 Å². The maximum atomic E-state index is 10.6. The molecule has 27 heavy (non-hydrogen) atoms. The largest absolute Gasteiger partial charge is 0.370 e. The Morgan fingerprint density at radius 2 is 1.04 bits per heavy atom. The van der Waals surface area contributed by atoms with Crippen molar-refractivity contribution in [1.29, 1.82) is 0 Å². The van der Waals surface area contributed by atoms with Crippen molar-refractivity contribution in [2.45, 2.75) is 117 Å². The third-order valence-corrected chi connectivity index (χ3v) is 4.97. The molecule has 0 spiro atoms. The first-order valence-electron chi connectivity index (χ1n) is 11.5. The second-order valence-corrected chi connectivity index (χ2v) is 7.82. The van der Waals surface area contributed by atoms with Crippen LogP contribution in [0, 0.1) is 6.92 Å². The number of benzene rings is 1. The Morgan fingerprint density at radius 1 is 0.667 bits per heavy atom.